The van der Waals surface area contributed by atoms with Crippen LogP contribution in [0.2, 0.25) is 0 Å². The fourth-order valence-electron chi connectivity index (χ4n) is 2.35. The van der Waals surface area contributed by atoms with Crippen LogP contribution in [0.1, 0.15) is 22.0 Å². The van der Waals surface area contributed by atoms with E-state index < -0.39 is 29.6 Å². The number of carbonyl (C=O) groups excluding carboxylic acids is 3. The molecular weight excluding hydrogens is 300 g/mol. The quantitative estimate of drug-likeness (QED) is 0.461. The fourth-order valence-corrected chi connectivity index (χ4v) is 2.35. The molecule has 0 bridgehead atoms. The van der Waals surface area contributed by atoms with Gasteiger partial charge in [0.2, 0.25) is 5.78 Å². The van der Waals surface area contributed by atoms with Gasteiger partial charge in [-0.1, -0.05) is 30.3 Å². The maximum atomic E-state index is 12.8. The second kappa shape index (κ2) is 7.40. The molecule has 0 aliphatic carbocycles. The number of ketones is 1. The Kier molecular flexibility index (Phi) is 5.30. The van der Waals surface area contributed by atoms with Crippen LogP contribution in [0.25, 0.3) is 0 Å². The maximum Gasteiger partial charge on any atom is 0.321 e. The predicted octanol–water partition coefficient (Wildman–Crippen LogP) is 2.21. The van der Waals surface area contributed by atoms with Crippen molar-refractivity contribution >= 4 is 17.7 Å². The normalized spacial score (nSPS) is 11.8. The van der Waals surface area contributed by atoms with E-state index in [1.54, 1.807) is 36.4 Å². The summed E-state index contributed by atoms with van der Waals surface area (Å²) >= 11 is 0. The molecule has 0 radical (unpaired) electrons. The van der Waals surface area contributed by atoms with Gasteiger partial charge < -0.3 is 13.9 Å². The van der Waals surface area contributed by atoms with E-state index in [2.05, 4.69) is 9.47 Å². The van der Waals surface area contributed by atoms with Gasteiger partial charge in [0.05, 0.1) is 26.4 Å². The highest BCUT2D eigenvalue weighted by molar-refractivity contribution is 6.07. The lowest BCUT2D eigenvalue weighted by Gasteiger charge is -2.22. The van der Waals surface area contributed by atoms with Crippen molar-refractivity contribution in [3.05, 3.63) is 60.1 Å². The second-order valence-electron chi connectivity index (χ2n) is 4.75. The third-order valence-electron chi connectivity index (χ3n) is 3.45. The molecule has 1 aromatic heterocycles. The van der Waals surface area contributed by atoms with Gasteiger partial charge in [-0.05, 0) is 17.7 Å². The van der Waals surface area contributed by atoms with E-state index in [9.17, 15) is 14.4 Å². The molecule has 0 spiro atoms. The van der Waals surface area contributed by atoms with Crippen molar-refractivity contribution in [3.63, 3.8) is 0 Å². The van der Waals surface area contributed by atoms with Crippen LogP contribution < -0.4 is 0 Å². The number of hydrogen-bond acceptors (Lipinski definition) is 6. The number of methoxy groups -OCH3 is 2. The summed E-state index contributed by atoms with van der Waals surface area (Å²) in [5, 5.41) is 0. The van der Waals surface area contributed by atoms with Crippen LogP contribution in [0.4, 0.5) is 0 Å². The molecule has 1 heterocycles. The zero-order valence-electron chi connectivity index (χ0n) is 12.7. The molecule has 0 amide bonds. The van der Waals surface area contributed by atoms with Gasteiger partial charge in [0.1, 0.15) is 0 Å². The monoisotopic (exact) mass is 316 g/mol. The highest BCUT2D eigenvalue weighted by atomic mass is 16.5. The Morgan fingerprint density at radius 3 is 2.00 bits per heavy atom. The summed E-state index contributed by atoms with van der Waals surface area (Å²) in [4.78, 5) is 37.0. The molecule has 6 heteroatoms. The SMILES string of the molecule is COC(=O)C(C(=O)OC)[C@@H](C(=O)c1ccco1)c1ccccc1. The minimum Gasteiger partial charge on any atom is -0.468 e. The highest BCUT2D eigenvalue weighted by Gasteiger charge is 2.43. The van der Waals surface area contributed by atoms with Crippen molar-refractivity contribution in [3.8, 4) is 0 Å². The van der Waals surface area contributed by atoms with Gasteiger partial charge in [0, 0.05) is 0 Å². The van der Waals surface area contributed by atoms with Gasteiger partial charge >= 0.3 is 11.9 Å². The van der Waals surface area contributed by atoms with Crippen LogP contribution in [0.15, 0.2) is 53.1 Å². The number of hydrogen-bond donors (Lipinski definition) is 0. The van der Waals surface area contributed by atoms with Crippen LogP contribution in [-0.2, 0) is 19.1 Å². The van der Waals surface area contributed by atoms with Gasteiger partial charge in [0.25, 0.3) is 0 Å². The summed E-state index contributed by atoms with van der Waals surface area (Å²) in [5.74, 6) is -4.64. The van der Waals surface area contributed by atoms with E-state index >= 15 is 0 Å². The molecular formula is C17H16O6. The Morgan fingerprint density at radius 1 is 0.913 bits per heavy atom. The van der Waals surface area contributed by atoms with Crippen molar-refractivity contribution in [2.75, 3.05) is 14.2 Å². The van der Waals surface area contributed by atoms with Crippen LogP contribution in [0, 0.1) is 5.92 Å². The first-order valence-corrected chi connectivity index (χ1v) is 6.88. The van der Waals surface area contributed by atoms with Gasteiger partial charge in [0.15, 0.2) is 11.7 Å². The Balaban J connectivity index is 2.53. The standard InChI is InChI=1S/C17H16O6/c1-21-16(19)14(17(20)22-2)13(11-7-4-3-5-8-11)15(18)12-9-6-10-23-12/h3-10,13-14H,1-2H3/t13-/m0/s1. The molecule has 2 aromatic rings. The van der Waals surface area contributed by atoms with Crippen LogP contribution in [-0.4, -0.2) is 31.9 Å². The van der Waals surface area contributed by atoms with Crippen molar-refractivity contribution in [1.82, 2.24) is 0 Å². The molecule has 120 valence electrons. The number of benzene rings is 1. The molecule has 0 saturated carbocycles. The molecule has 2 rings (SSSR count). The van der Waals surface area contributed by atoms with Crippen molar-refractivity contribution in [2.24, 2.45) is 5.92 Å². The second-order valence-corrected chi connectivity index (χ2v) is 4.75. The first kappa shape index (κ1) is 16.5. The molecule has 0 saturated heterocycles. The van der Waals surface area contributed by atoms with E-state index in [4.69, 9.17) is 4.42 Å². The molecule has 0 N–H and O–H groups in total. The van der Waals surface area contributed by atoms with E-state index in [1.807, 2.05) is 0 Å². The van der Waals surface area contributed by atoms with Crippen LogP contribution in [0.3, 0.4) is 0 Å². The van der Waals surface area contributed by atoms with Crippen molar-refractivity contribution < 1.29 is 28.3 Å². The Bertz CT molecular complexity index is 658. The summed E-state index contributed by atoms with van der Waals surface area (Å²) in [7, 11) is 2.30. The highest BCUT2D eigenvalue weighted by Crippen LogP contribution is 2.31. The maximum absolute atomic E-state index is 12.8. The number of Topliss-reactive ketones (excluding diaryl/α,β-unsaturated/α-hetero) is 1. The van der Waals surface area contributed by atoms with Gasteiger partial charge in [-0.25, -0.2) is 0 Å². The average Bonchev–Trinajstić information content (AvgIpc) is 3.13. The lowest BCUT2D eigenvalue weighted by Crippen LogP contribution is -2.36. The van der Waals surface area contributed by atoms with Crippen LogP contribution >= 0.6 is 0 Å². The number of furan rings is 1. The molecule has 0 aliphatic rings. The van der Waals surface area contributed by atoms with Gasteiger partial charge in [-0.15, -0.1) is 0 Å². The summed E-state index contributed by atoms with van der Waals surface area (Å²) < 4.78 is 14.5. The molecule has 23 heavy (non-hydrogen) atoms. The molecule has 6 nitrogen and oxygen atoms in total. The predicted molar refractivity (Wildman–Crippen MR) is 79.7 cm³/mol. The zero-order valence-corrected chi connectivity index (χ0v) is 12.7. The van der Waals surface area contributed by atoms with Gasteiger partial charge in [-0.2, -0.15) is 0 Å². The number of rotatable bonds is 6. The van der Waals surface area contributed by atoms with Crippen molar-refractivity contribution in [2.45, 2.75) is 5.92 Å². The third kappa shape index (κ3) is 3.48. The first-order valence-electron chi connectivity index (χ1n) is 6.88. The molecule has 0 unspecified atom stereocenters. The average molecular weight is 316 g/mol. The summed E-state index contributed by atoms with van der Waals surface area (Å²) in [5.41, 5.74) is 0.495. The molecule has 1 aromatic carbocycles. The zero-order chi connectivity index (χ0) is 16.8. The van der Waals surface area contributed by atoms with E-state index in [0.29, 0.717) is 5.56 Å². The number of esters is 2. The molecule has 0 aliphatic heterocycles. The largest absolute Gasteiger partial charge is 0.468 e. The van der Waals surface area contributed by atoms with Crippen molar-refractivity contribution in [1.29, 1.82) is 0 Å². The fraction of sp³-hybridized carbons (Fsp3) is 0.235. The number of ether oxygens (including phenoxy) is 2. The Labute approximate surface area is 133 Å². The summed E-state index contributed by atoms with van der Waals surface area (Å²) in [6.07, 6.45) is 1.35. The van der Waals surface area contributed by atoms with Gasteiger partial charge in [-0.3, -0.25) is 14.4 Å². The summed E-state index contributed by atoms with van der Waals surface area (Å²) in [6, 6.07) is 11.5. The third-order valence-corrected chi connectivity index (χ3v) is 3.45. The smallest absolute Gasteiger partial charge is 0.321 e. The lowest BCUT2D eigenvalue weighted by atomic mass is 9.82. The van der Waals surface area contributed by atoms with Crippen LogP contribution in [0.5, 0.6) is 0 Å². The molecule has 1 atom stereocenters. The molecule has 0 fully saturated rings. The van der Waals surface area contributed by atoms with E-state index in [0.717, 1.165) is 14.2 Å². The Morgan fingerprint density at radius 2 is 1.52 bits per heavy atom. The topological polar surface area (TPSA) is 82.8 Å². The van der Waals surface area contributed by atoms with E-state index in [-0.39, 0.29) is 5.76 Å². The first-order chi connectivity index (χ1) is 11.1. The van der Waals surface area contributed by atoms with E-state index in [1.165, 1.54) is 12.3 Å². The Hall–Kier alpha value is -2.89. The minimum atomic E-state index is -1.41. The number of carbonyl (C=O) groups is 3. The lowest BCUT2D eigenvalue weighted by molar-refractivity contribution is -0.159. The minimum absolute atomic E-state index is 0.0525. The summed E-state index contributed by atoms with van der Waals surface area (Å²) in [6.45, 7) is 0.